The molecule has 0 aromatic carbocycles. The van der Waals surface area contributed by atoms with E-state index in [-0.39, 0.29) is 5.54 Å². The van der Waals surface area contributed by atoms with E-state index in [9.17, 15) is 0 Å². The highest BCUT2D eigenvalue weighted by Gasteiger charge is 2.18. The highest BCUT2D eigenvalue weighted by atomic mass is 35.5. The third kappa shape index (κ3) is 3.89. The fourth-order valence-electron chi connectivity index (χ4n) is 1.38. The van der Waals surface area contributed by atoms with Crippen LogP contribution in [0.4, 0.5) is 5.82 Å². The summed E-state index contributed by atoms with van der Waals surface area (Å²) in [5, 5.41) is 3.35. The molecule has 0 radical (unpaired) electrons. The quantitative estimate of drug-likeness (QED) is 0.778. The summed E-state index contributed by atoms with van der Waals surface area (Å²) < 4.78 is 5.50. The molecule has 0 spiro atoms. The van der Waals surface area contributed by atoms with Gasteiger partial charge in [0.2, 0.25) is 0 Å². The molecule has 16 heavy (non-hydrogen) atoms. The van der Waals surface area contributed by atoms with Crippen LogP contribution >= 0.6 is 11.6 Å². The molecule has 1 N–H and O–H groups in total. The molecule has 3 nitrogen and oxygen atoms in total. The molecule has 0 aliphatic carbocycles. The van der Waals surface area contributed by atoms with E-state index in [0.717, 1.165) is 18.0 Å². The number of rotatable bonds is 6. The molecule has 1 rings (SSSR count). The predicted molar refractivity (Wildman–Crippen MR) is 68.4 cm³/mol. The van der Waals surface area contributed by atoms with E-state index in [1.165, 1.54) is 0 Å². The van der Waals surface area contributed by atoms with E-state index in [4.69, 9.17) is 16.3 Å². The summed E-state index contributed by atoms with van der Waals surface area (Å²) in [4.78, 5) is 4.29. The van der Waals surface area contributed by atoms with E-state index < -0.39 is 0 Å². The van der Waals surface area contributed by atoms with Gasteiger partial charge in [-0.2, -0.15) is 0 Å². The van der Waals surface area contributed by atoms with Crippen LogP contribution in [-0.4, -0.2) is 23.0 Å². The first-order valence-corrected chi connectivity index (χ1v) is 6.04. The molecular formula is C12H19ClN2O. The molecule has 0 atom stereocenters. The van der Waals surface area contributed by atoms with Crippen molar-refractivity contribution < 1.29 is 4.74 Å². The maximum atomic E-state index is 5.76. The number of ether oxygens (including phenoxy) is 1. The summed E-state index contributed by atoms with van der Waals surface area (Å²) in [6.07, 6.45) is 2.62. The van der Waals surface area contributed by atoms with Crippen LogP contribution in [-0.2, 0) is 0 Å². The van der Waals surface area contributed by atoms with Gasteiger partial charge in [-0.25, -0.2) is 4.98 Å². The summed E-state index contributed by atoms with van der Waals surface area (Å²) in [6.45, 7) is 6.79. The lowest BCUT2D eigenvalue weighted by Gasteiger charge is -2.26. The lowest BCUT2D eigenvalue weighted by Crippen LogP contribution is -2.31. The van der Waals surface area contributed by atoms with Crippen molar-refractivity contribution in [2.45, 2.75) is 32.7 Å². The fraction of sp³-hybridized carbons (Fsp3) is 0.583. The predicted octanol–water partition coefficient (Wildman–Crippen LogP) is 3.30. The molecule has 1 aromatic rings. The molecule has 0 aliphatic rings. The van der Waals surface area contributed by atoms with Crippen LogP contribution in [0.2, 0.25) is 0 Å². The van der Waals surface area contributed by atoms with Gasteiger partial charge in [-0.1, -0.05) is 0 Å². The Morgan fingerprint density at radius 3 is 2.88 bits per heavy atom. The van der Waals surface area contributed by atoms with Gasteiger partial charge in [0.15, 0.2) is 11.6 Å². The highest BCUT2D eigenvalue weighted by molar-refractivity contribution is 6.17. The van der Waals surface area contributed by atoms with Gasteiger partial charge in [-0.05, 0) is 39.3 Å². The minimum atomic E-state index is -0.0814. The molecule has 0 unspecified atom stereocenters. The zero-order chi connectivity index (χ0) is 12.0. The number of anilines is 1. The standard InChI is InChI=1S/C12H19ClN2O/c1-4-16-10-6-5-9-14-11(10)15-12(2,3)7-8-13/h5-6,9H,4,7-8H2,1-3H3,(H,14,15). The minimum absolute atomic E-state index is 0.0814. The van der Waals surface area contributed by atoms with Crippen molar-refractivity contribution in [3.63, 3.8) is 0 Å². The van der Waals surface area contributed by atoms with Crippen LogP contribution in [0.3, 0.4) is 0 Å². The van der Waals surface area contributed by atoms with Crippen LogP contribution in [0.1, 0.15) is 27.2 Å². The zero-order valence-electron chi connectivity index (χ0n) is 10.1. The Bertz CT molecular complexity index is 329. The Balaban J connectivity index is 2.79. The van der Waals surface area contributed by atoms with Gasteiger partial charge in [0.05, 0.1) is 6.61 Å². The number of aromatic nitrogens is 1. The van der Waals surface area contributed by atoms with Crippen molar-refractivity contribution in [1.29, 1.82) is 0 Å². The smallest absolute Gasteiger partial charge is 0.169 e. The average molecular weight is 243 g/mol. The van der Waals surface area contributed by atoms with Gasteiger partial charge in [-0.15, -0.1) is 11.6 Å². The number of nitrogens with one attached hydrogen (secondary N) is 1. The zero-order valence-corrected chi connectivity index (χ0v) is 10.8. The van der Waals surface area contributed by atoms with Crippen LogP contribution < -0.4 is 10.1 Å². The summed E-state index contributed by atoms with van der Waals surface area (Å²) in [6, 6.07) is 3.78. The maximum Gasteiger partial charge on any atom is 0.169 e. The van der Waals surface area contributed by atoms with Gasteiger partial charge < -0.3 is 10.1 Å². The first kappa shape index (κ1) is 13.1. The second-order valence-corrected chi connectivity index (χ2v) is 4.61. The van der Waals surface area contributed by atoms with Crippen molar-refractivity contribution in [3.8, 4) is 5.75 Å². The second kappa shape index (κ2) is 5.94. The Morgan fingerprint density at radius 1 is 1.50 bits per heavy atom. The lowest BCUT2D eigenvalue weighted by molar-refractivity contribution is 0.339. The molecule has 4 heteroatoms. The number of nitrogens with zero attached hydrogens (tertiary/aromatic N) is 1. The molecule has 0 saturated heterocycles. The monoisotopic (exact) mass is 242 g/mol. The molecule has 0 fully saturated rings. The lowest BCUT2D eigenvalue weighted by atomic mass is 10.0. The van der Waals surface area contributed by atoms with E-state index in [0.29, 0.717) is 12.5 Å². The Labute approximate surface area is 102 Å². The van der Waals surface area contributed by atoms with Crippen LogP contribution in [0.25, 0.3) is 0 Å². The van der Waals surface area contributed by atoms with Crippen molar-refractivity contribution in [2.24, 2.45) is 0 Å². The highest BCUT2D eigenvalue weighted by Crippen LogP contribution is 2.25. The van der Waals surface area contributed by atoms with Crippen LogP contribution in [0.5, 0.6) is 5.75 Å². The van der Waals surface area contributed by atoms with Gasteiger partial charge >= 0.3 is 0 Å². The van der Waals surface area contributed by atoms with E-state index in [1.807, 2.05) is 19.1 Å². The molecule has 1 aromatic heterocycles. The molecule has 0 aliphatic heterocycles. The summed E-state index contributed by atoms with van der Waals surface area (Å²) in [5.41, 5.74) is -0.0814. The molecule has 0 amide bonds. The Morgan fingerprint density at radius 2 is 2.25 bits per heavy atom. The van der Waals surface area contributed by atoms with E-state index in [2.05, 4.69) is 24.1 Å². The summed E-state index contributed by atoms with van der Waals surface area (Å²) in [5.74, 6) is 2.18. The fourth-order valence-corrected chi connectivity index (χ4v) is 1.85. The molecule has 0 saturated carbocycles. The first-order chi connectivity index (χ1) is 7.59. The van der Waals surface area contributed by atoms with Gasteiger partial charge in [0.1, 0.15) is 0 Å². The molecule has 0 bridgehead atoms. The molecule has 90 valence electrons. The number of halogens is 1. The molecule has 1 heterocycles. The normalized spacial score (nSPS) is 11.2. The largest absolute Gasteiger partial charge is 0.490 e. The minimum Gasteiger partial charge on any atom is -0.490 e. The number of alkyl halides is 1. The second-order valence-electron chi connectivity index (χ2n) is 4.23. The van der Waals surface area contributed by atoms with Crippen LogP contribution in [0.15, 0.2) is 18.3 Å². The third-order valence-corrected chi connectivity index (χ3v) is 2.44. The van der Waals surface area contributed by atoms with Crippen molar-refractivity contribution in [2.75, 3.05) is 17.8 Å². The number of pyridine rings is 1. The summed E-state index contributed by atoms with van der Waals surface area (Å²) >= 11 is 5.76. The van der Waals surface area contributed by atoms with Gasteiger partial charge in [0, 0.05) is 17.6 Å². The van der Waals surface area contributed by atoms with Gasteiger partial charge in [0.25, 0.3) is 0 Å². The van der Waals surface area contributed by atoms with Crippen molar-refractivity contribution >= 4 is 17.4 Å². The van der Waals surface area contributed by atoms with Crippen molar-refractivity contribution in [3.05, 3.63) is 18.3 Å². The Hall–Kier alpha value is -0.960. The van der Waals surface area contributed by atoms with Gasteiger partial charge in [-0.3, -0.25) is 0 Å². The van der Waals surface area contributed by atoms with E-state index in [1.54, 1.807) is 6.20 Å². The number of hydrogen-bond acceptors (Lipinski definition) is 3. The van der Waals surface area contributed by atoms with Crippen LogP contribution in [0, 0.1) is 0 Å². The Kier molecular flexibility index (Phi) is 4.87. The topological polar surface area (TPSA) is 34.1 Å². The van der Waals surface area contributed by atoms with Crippen molar-refractivity contribution in [1.82, 2.24) is 4.98 Å². The number of hydrogen-bond donors (Lipinski definition) is 1. The SMILES string of the molecule is CCOc1cccnc1NC(C)(C)CCCl. The average Bonchev–Trinajstić information content (AvgIpc) is 2.20. The third-order valence-electron chi connectivity index (χ3n) is 2.25. The first-order valence-electron chi connectivity index (χ1n) is 5.51. The summed E-state index contributed by atoms with van der Waals surface area (Å²) in [7, 11) is 0. The maximum absolute atomic E-state index is 5.76. The van der Waals surface area contributed by atoms with E-state index >= 15 is 0 Å². The molecular weight excluding hydrogens is 224 g/mol.